The van der Waals surface area contributed by atoms with Crippen LogP contribution in [-0.2, 0) is 4.79 Å². The van der Waals surface area contributed by atoms with E-state index in [1.54, 1.807) is 13.8 Å². The van der Waals surface area contributed by atoms with Gasteiger partial charge < -0.3 is 10.6 Å². The molecular formula is C10H18N2O2. The monoisotopic (exact) mass is 198 g/mol. The van der Waals surface area contributed by atoms with Gasteiger partial charge >= 0.3 is 6.03 Å². The first-order valence-corrected chi connectivity index (χ1v) is 5.23. The van der Waals surface area contributed by atoms with Crippen molar-refractivity contribution in [2.75, 3.05) is 0 Å². The van der Waals surface area contributed by atoms with Crippen molar-refractivity contribution in [3.8, 4) is 0 Å². The van der Waals surface area contributed by atoms with Crippen LogP contribution in [0.5, 0.6) is 0 Å². The van der Waals surface area contributed by atoms with Gasteiger partial charge in [-0.25, -0.2) is 4.79 Å². The fourth-order valence-corrected chi connectivity index (χ4v) is 1.36. The Morgan fingerprint density at radius 1 is 1.43 bits per heavy atom. The minimum atomic E-state index is -0.375. The molecule has 0 aromatic carbocycles. The number of rotatable bonds is 4. The molecule has 1 fully saturated rings. The molecule has 1 atom stereocenters. The van der Waals surface area contributed by atoms with Gasteiger partial charge in [0.1, 0.15) is 0 Å². The van der Waals surface area contributed by atoms with Crippen LogP contribution in [0.15, 0.2) is 0 Å². The summed E-state index contributed by atoms with van der Waals surface area (Å²) < 4.78 is 0. The molecular weight excluding hydrogens is 180 g/mol. The van der Waals surface area contributed by atoms with Crippen LogP contribution in [0.2, 0.25) is 0 Å². The zero-order valence-electron chi connectivity index (χ0n) is 8.80. The maximum Gasteiger partial charge on any atom is 0.315 e. The van der Waals surface area contributed by atoms with Gasteiger partial charge in [0.25, 0.3) is 0 Å². The van der Waals surface area contributed by atoms with Crippen molar-refractivity contribution in [1.82, 2.24) is 10.6 Å². The predicted octanol–water partition coefficient (Wildman–Crippen LogP) is 1.21. The summed E-state index contributed by atoms with van der Waals surface area (Å²) in [5, 5.41) is 5.45. The first kappa shape index (κ1) is 11.0. The first-order valence-electron chi connectivity index (χ1n) is 5.23. The van der Waals surface area contributed by atoms with Crippen molar-refractivity contribution in [2.45, 2.75) is 51.6 Å². The van der Waals surface area contributed by atoms with Gasteiger partial charge in [-0.2, -0.15) is 0 Å². The lowest BCUT2D eigenvalue weighted by Crippen LogP contribution is -2.49. The number of hydrogen-bond donors (Lipinski definition) is 2. The lowest BCUT2D eigenvalue weighted by molar-refractivity contribution is -0.120. The second-order valence-electron chi connectivity index (χ2n) is 3.79. The highest BCUT2D eigenvalue weighted by molar-refractivity contribution is 5.88. The van der Waals surface area contributed by atoms with Crippen LogP contribution in [0.3, 0.4) is 0 Å². The number of Topliss-reactive ketones (excluding diaryl/α,β-unsaturated/α-hetero) is 1. The zero-order valence-corrected chi connectivity index (χ0v) is 8.80. The Hall–Kier alpha value is -1.06. The van der Waals surface area contributed by atoms with Gasteiger partial charge in [-0.1, -0.05) is 6.92 Å². The summed E-state index contributed by atoms with van der Waals surface area (Å²) in [5.74, 6) is 0.0637. The molecule has 1 unspecified atom stereocenters. The van der Waals surface area contributed by atoms with Gasteiger partial charge in [0, 0.05) is 12.5 Å². The summed E-state index contributed by atoms with van der Waals surface area (Å²) in [6.07, 6.45) is 3.77. The number of hydrogen-bond acceptors (Lipinski definition) is 2. The average Bonchev–Trinajstić information content (AvgIpc) is 2.10. The second kappa shape index (κ2) is 4.98. The third-order valence-corrected chi connectivity index (χ3v) is 2.62. The molecule has 2 N–H and O–H groups in total. The molecule has 4 heteroatoms. The average molecular weight is 198 g/mol. The maximum absolute atomic E-state index is 11.3. The van der Waals surface area contributed by atoms with Gasteiger partial charge in [-0.15, -0.1) is 0 Å². The van der Waals surface area contributed by atoms with Gasteiger partial charge in [0.15, 0.2) is 5.78 Å². The van der Waals surface area contributed by atoms with Crippen LogP contribution in [0.4, 0.5) is 4.79 Å². The number of ketones is 1. The van der Waals surface area contributed by atoms with Gasteiger partial charge in [0.05, 0.1) is 6.04 Å². The number of urea groups is 1. The summed E-state index contributed by atoms with van der Waals surface area (Å²) in [4.78, 5) is 22.5. The highest BCUT2D eigenvalue weighted by Gasteiger charge is 2.20. The summed E-state index contributed by atoms with van der Waals surface area (Å²) in [6.45, 7) is 3.51. The fourth-order valence-electron chi connectivity index (χ4n) is 1.36. The van der Waals surface area contributed by atoms with Gasteiger partial charge in [-0.05, 0) is 26.2 Å². The van der Waals surface area contributed by atoms with E-state index in [-0.39, 0.29) is 17.9 Å². The van der Waals surface area contributed by atoms with E-state index in [1.165, 1.54) is 6.42 Å². The van der Waals surface area contributed by atoms with E-state index in [2.05, 4.69) is 10.6 Å². The van der Waals surface area contributed by atoms with Crippen molar-refractivity contribution in [3.05, 3.63) is 0 Å². The van der Waals surface area contributed by atoms with E-state index in [1.807, 2.05) is 0 Å². The van der Waals surface area contributed by atoms with Crippen molar-refractivity contribution in [3.63, 3.8) is 0 Å². The van der Waals surface area contributed by atoms with Gasteiger partial charge in [0.2, 0.25) is 0 Å². The normalized spacial score (nSPS) is 18.1. The summed E-state index contributed by atoms with van der Waals surface area (Å²) in [6, 6.07) is -0.275. The van der Waals surface area contributed by atoms with Crippen molar-refractivity contribution in [1.29, 1.82) is 0 Å². The molecule has 80 valence electrons. The molecule has 0 saturated heterocycles. The number of carbonyl (C=O) groups is 2. The Morgan fingerprint density at radius 2 is 2.07 bits per heavy atom. The Bertz CT molecular complexity index is 224. The maximum atomic E-state index is 11.3. The molecule has 0 spiro atoms. The predicted molar refractivity (Wildman–Crippen MR) is 54.1 cm³/mol. The summed E-state index contributed by atoms with van der Waals surface area (Å²) >= 11 is 0. The lowest BCUT2D eigenvalue weighted by atomic mass is 9.93. The third-order valence-electron chi connectivity index (χ3n) is 2.62. The van der Waals surface area contributed by atoms with Crippen LogP contribution in [0.1, 0.15) is 39.5 Å². The van der Waals surface area contributed by atoms with E-state index >= 15 is 0 Å². The number of nitrogens with one attached hydrogen (secondary N) is 2. The molecule has 0 radical (unpaired) electrons. The Kier molecular flexibility index (Phi) is 3.92. The molecule has 1 aliphatic carbocycles. The highest BCUT2D eigenvalue weighted by atomic mass is 16.2. The highest BCUT2D eigenvalue weighted by Crippen LogP contribution is 2.17. The minimum absolute atomic E-state index is 0.0637. The van der Waals surface area contributed by atoms with E-state index in [0.717, 1.165) is 12.8 Å². The van der Waals surface area contributed by atoms with Crippen LogP contribution >= 0.6 is 0 Å². The SMILES string of the molecule is CCC(=O)C(C)NC(=O)NC1CCC1. The van der Waals surface area contributed by atoms with E-state index < -0.39 is 0 Å². The van der Waals surface area contributed by atoms with E-state index in [9.17, 15) is 9.59 Å². The molecule has 14 heavy (non-hydrogen) atoms. The van der Waals surface area contributed by atoms with E-state index in [4.69, 9.17) is 0 Å². The largest absolute Gasteiger partial charge is 0.335 e. The number of carbonyl (C=O) groups excluding carboxylic acids is 2. The Labute approximate surface area is 84.4 Å². The zero-order chi connectivity index (χ0) is 10.6. The summed E-state index contributed by atoms with van der Waals surface area (Å²) in [5.41, 5.74) is 0. The molecule has 0 aromatic heterocycles. The standard InChI is InChI=1S/C10H18N2O2/c1-3-9(13)7(2)11-10(14)12-8-5-4-6-8/h7-8H,3-6H2,1-2H3,(H2,11,12,14). The van der Waals surface area contributed by atoms with Crippen LogP contribution < -0.4 is 10.6 Å². The number of amides is 2. The fraction of sp³-hybridized carbons (Fsp3) is 0.800. The second-order valence-corrected chi connectivity index (χ2v) is 3.79. The molecule has 0 bridgehead atoms. The van der Waals surface area contributed by atoms with Crippen LogP contribution in [0, 0.1) is 0 Å². The van der Waals surface area contributed by atoms with Crippen molar-refractivity contribution in [2.24, 2.45) is 0 Å². The molecule has 0 aliphatic heterocycles. The molecule has 0 aromatic rings. The lowest BCUT2D eigenvalue weighted by Gasteiger charge is -2.27. The topological polar surface area (TPSA) is 58.2 Å². The molecule has 1 saturated carbocycles. The smallest absolute Gasteiger partial charge is 0.315 e. The van der Waals surface area contributed by atoms with Crippen molar-refractivity contribution >= 4 is 11.8 Å². The summed E-state index contributed by atoms with van der Waals surface area (Å²) in [7, 11) is 0. The van der Waals surface area contributed by atoms with Gasteiger partial charge in [-0.3, -0.25) is 4.79 Å². The van der Waals surface area contributed by atoms with Crippen LogP contribution in [-0.4, -0.2) is 23.9 Å². The molecule has 4 nitrogen and oxygen atoms in total. The van der Waals surface area contributed by atoms with Crippen molar-refractivity contribution < 1.29 is 9.59 Å². The Morgan fingerprint density at radius 3 is 2.50 bits per heavy atom. The molecule has 1 aliphatic rings. The molecule has 2 amide bonds. The van der Waals surface area contributed by atoms with E-state index in [0.29, 0.717) is 12.5 Å². The molecule has 1 rings (SSSR count). The minimum Gasteiger partial charge on any atom is -0.335 e. The third kappa shape index (κ3) is 3.01. The quantitative estimate of drug-likeness (QED) is 0.713. The van der Waals surface area contributed by atoms with Crippen LogP contribution in [0.25, 0.3) is 0 Å². The molecule has 0 heterocycles. The first-order chi connectivity index (χ1) is 6.63. The Balaban J connectivity index is 2.21.